The van der Waals surface area contributed by atoms with Crippen molar-refractivity contribution in [3.05, 3.63) is 36.0 Å². The maximum Gasteiger partial charge on any atom is 0.306 e. The second-order valence-corrected chi connectivity index (χ2v) is 4.60. The number of carbonyl (C=O) groups excluding carboxylic acids is 1. The molecular formula is C15H19NO2. The first kappa shape index (κ1) is 12.7. The van der Waals surface area contributed by atoms with Crippen LogP contribution in [0.4, 0.5) is 0 Å². The highest BCUT2D eigenvalue weighted by atomic mass is 16.5. The molecule has 1 atom stereocenters. The van der Waals surface area contributed by atoms with E-state index in [0.717, 1.165) is 6.42 Å². The van der Waals surface area contributed by atoms with Crippen molar-refractivity contribution in [3.63, 3.8) is 0 Å². The Morgan fingerprint density at radius 2 is 2.11 bits per heavy atom. The van der Waals surface area contributed by atoms with Gasteiger partial charge in [0.05, 0.1) is 13.5 Å². The van der Waals surface area contributed by atoms with Crippen LogP contribution in [0.25, 0.3) is 10.9 Å². The number of hydrogen-bond acceptors (Lipinski definition) is 2. The molecule has 18 heavy (non-hydrogen) atoms. The van der Waals surface area contributed by atoms with Crippen LogP contribution in [-0.2, 0) is 16.6 Å². The Hall–Kier alpha value is -1.77. The molecule has 0 spiro atoms. The van der Waals surface area contributed by atoms with Crippen LogP contribution >= 0.6 is 0 Å². The summed E-state index contributed by atoms with van der Waals surface area (Å²) in [6.07, 6.45) is 3.51. The van der Waals surface area contributed by atoms with Crippen LogP contribution in [0, 0.1) is 0 Å². The lowest BCUT2D eigenvalue weighted by Crippen LogP contribution is -2.07. The number of carbonyl (C=O) groups is 1. The summed E-state index contributed by atoms with van der Waals surface area (Å²) in [5, 5.41) is 1.23. The van der Waals surface area contributed by atoms with Crippen molar-refractivity contribution in [2.45, 2.75) is 25.7 Å². The number of para-hydroxylation sites is 1. The number of nitrogens with zero attached hydrogens (tertiary/aromatic N) is 1. The summed E-state index contributed by atoms with van der Waals surface area (Å²) < 4.78 is 6.89. The van der Waals surface area contributed by atoms with E-state index in [1.165, 1.54) is 23.6 Å². The van der Waals surface area contributed by atoms with Gasteiger partial charge in [0.2, 0.25) is 0 Å². The third-order valence-corrected chi connectivity index (χ3v) is 3.50. The smallest absolute Gasteiger partial charge is 0.306 e. The van der Waals surface area contributed by atoms with Crippen LogP contribution in [0.3, 0.4) is 0 Å². The van der Waals surface area contributed by atoms with Gasteiger partial charge in [0.15, 0.2) is 0 Å². The summed E-state index contributed by atoms with van der Waals surface area (Å²) >= 11 is 0. The first-order chi connectivity index (χ1) is 8.67. The summed E-state index contributed by atoms with van der Waals surface area (Å²) in [5.41, 5.74) is 2.44. The van der Waals surface area contributed by atoms with E-state index in [0.29, 0.717) is 6.42 Å². The molecule has 1 aromatic heterocycles. The highest BCUT2D eigenvalue weighted by Gasteiger charge is 2.18. The molecular weight excluding hydrogens is 226 g/mol. The Balaban J connectivity index is 2.42. The van der Waals surface area contributed by atoms with E-state index >= 15 is 0 Å². The third-order valence-electron chi connectivity index (χ3n) is 3.50. The molecule has 3 heteroatoms. The lowest BCUT2D eigenvalue weighted by Gasteiger charge is -2.12. The van der Waals surface area contributed by atoms with Crippen LogP contribution in [0.1, 0.15) is 31.2 Å². The van der Waals surface area contributed by atoms with E-state index in [4.69, 9.17) is 4.74 Å². The van der Waals surface area contributed by atoms with Crippen molar-refractivity contribution >= 4 is 16.9 Å². The minimum Gasteiger partial charge on any atom is -0.469 e. The Morgan fingerprint density at radius 1 is 1.39 bits per heavy atom. The van der Waals surface area contributed by atoms with E-state index in [9.17, 15) is 4.79 Å². The lowest BCUT2D eigenvalue weighted by atomic mass is 9.93. The van der Waals surface area contributed by atoms with Gasteiger partial charge < -0.3 is 9.30 Å². The number of benzene rings is 1. The fourth-order valence-corrected chi connectivity index (χ4v) is 2.46. The lowest BCUT2D eigenvalue weighted by molar-refractivity contribution is -0.141. The van der Waals surface area contributed by atoms with Gasteiger partial charge in [0.25, 0.3) is 0 Å². The van der Waals surface area contributed by atoms with Gasteiger partial charge in [-0.3, -0.25) is 4.79 Å². The molecule has 0 fully saturated rings. The monoisotopic (exact) mass is 245 g/mol. The molecule has 0 amide bonds. The fraction of sp³-hybridized carbons (Fsp3) is 0.400. The highest BCUT2D eigenvalue weighted by molar-refractivity contribution is 5.85. The molecule has 0 aliphatic rings. The first-order valence-electron chi connectivity index (χ1n) is 6.28. The molecule has 1 aromatic carbocycles. The number of hydrogen-bond donors (Lipinski definition) is 0. The van der Waals surface area contributed by atoms with Crippen LogP contribution in [0.15, 0.2) is 30.5 Å². The zero-order chi connectivity index (χ0) is 13.1. The second kappa shape index (κ2) is 5.25. The number of fused-ring (bicyclic) bond motifs is 1. The topological polar surface area (TPSA) is 31.2 Å². The van der Waals surface area contributed by atoms with Gasteiger partial charge in [-0.15, -0.1) is 0 Å². The Morgan fingerprint density at radius 3 is 2.78 bits per heavy atom. The number of aryl methyl sites for hydroxylation is 1. The molecule has 0 unspecified atom stereocenters. The minimum absolute atomic E-state index is 0.144. The van der Waals surface area contributed by atoms with Crippen molar-refractivity contribution in [1.82, 2.24) is 4.57 Å². The summed E-state index contributed by atoms with van der Waals surface area (Å²) in [5.74, 6) is 0.0818. The average Bonchev–Trinajstić information content (AvgIpc) is 2.74. The van der Waals surface area contributed by atoms with Gasteiger partial charge in [-0.25, -0.2) is 0 Å². The van der Waals surface area contributed by atoms with Gasteiger partial charge in [-0.05, 0) is 24.0 Å². The number of aromatic nitrogens is 1. The molecule has 0 bridgehead atoms. The van der Waals surface area contributed by atoms with Gasteiger partial charge in [0, 0.05) is 24.1 Å². The quantitative estimate of drug-likeness (QED) is 0.774. The summed E-state index contributed by atoms with van der Waals surface area (Å²) in [4.78, 5) is 11.5. The van der Waals surface area contributed by atoms with Gasteiger partial charge in [0.1, 0.15) is 0 Å². The van der Waals surface area contributed by atoms with E-state index in [1.807, 2.05) is 19.2 Å². The molecule has 2 aromatic rings. The maximum absolute atomic E-state index is 11.5. The number of rotatable bonds is 4. The zero-order valence-electron chi connectivity index (χ0n) is 11.1. The van der Waals surface area contributed by atoms with Crippen molar-refractivity contribution in [2.24, 2.45) is 7.05 Å². The Bertz CT molecular complexity index is 557. The fourth-order valence-electron chi connectivity index (χ4n) is 2.46. The standard InChI is InChI=1S/C15H19NO2/c1-4-11(9-15(17)18-3)13-10-16(2)14-8-6-5-7-12(13)14/h5-8,10-11H,4,9H2,1-3H3/t11-/m0/s1. The van der Waals surface area contributed by atoms with Gasteiger partial charge >= 0.3 is 5.97 Å². The van der Waals surface area contributed by atoms with Crippen LogP contribution in [0.2, 0.25) is 0 Å². The molecule has 0 aliphatic carbocycles. The van der Waals surface area contributed by atoms with E-state index in [1.54, 1.807) is 0 Å². The van der Waals surface area contributed by atoms with Crippen LogP contribution in [0.5, 0.6) is 0 Å². The SMILES string of the molecule is CC[C@@H](CC(=O)OC)c1cn(C)c2ccccc12. The van der Waals surface area contributed by atoms with E-state index in [2.05, 4.69) is 29.8 Å². The average molecular weight is 245 g/mol. The molecule has 0 N–H and O–H groups in total. The van der Waals surface area contributed by atoms with Gasteiger partial charge in [-0.1, -0.05) is 25.1 Å². The zero-order valence-corrected chi connectivity index (χ0v) is 11.1. The van der Waals surface area contributed by atoms with Crippen molar-refractivity contribution in [3.8, 4) is 0 Å². The Kier molecular flexibility index (Phi) is 3.70. The van der Waals surface area contributed by atoms with Gasteiger partial charge in [-0.2, -0.15) is 0 Å². The predicted octanol–water partition coefficient (Wildman–Crippen LogP) is 3.24. The maximum atomic E-state index is 11.5. The number of methoxy groups -OCH3 is 1. The molecule has 2 rings (SSSR count). The number of ether oxygens (including phenoxy) is 1. The largest absolute Gasteiger partial charge is 0.469 e. The minimum atomic E-state index is -0.144. The molecule has 0 saturated carbocycles. The van der Waals surface area contributed by atoms with Crippen molar-refractivity contribution in [1.29, 1.82) is 0 Å². The third kappa shape index (κ3) is 2.26. The van der Waals surface area contributed by atoms with E-state index in [-0.39, 0.29) is 11.9 Å². The molecule has 0 radical (unpaired) electrons. The highest BCUT2D eigenvalue weighted by Crippen LogP contribution is 2.31. The van der Waals surface area contributed by atoms with Crippen molar-refractivity contribution in [2.75, 3.05) is 7.11 Å². The molecule has 96 valence electrons. The summed E-state index contributed by atoms with van der Waals surface area (Å²) in [6, 6.07) is 8.29. The normalized spacial score (nSPS) is 12.6. The first-order valence-corrected chi connectivity index (χ1v) is 6.28. The molecule has 0 saturated heterocycles. The predicted molar refractivity (Wildman–Crippen MR) is 72.6 cm³/mol. The van der Waals surface area contributed by atoms with Crippen molar-refractivity contribution < 1.29 is 9.53 Å². The molecule has 1 heterocycles. The van der Waals surface area contributed by atoms with Crippen LogP contribution < -0.4 is 0 Å². The number of esters is 1. The summed E-state index contributed by atoms with van der Waals surface area (Å²) in [6.45, 7) is 2.11. The van der Waals surface area contributed by atoms with Crippen LogP contribution in [-0.4, -0.2) is 17.6 Å². The Labute approximate surface area is 107 Å². The molecule has 3 nitrogen and oxygen atoms in total. The second-order valence-electron chi connectivity index (χ2n) is 4.60. The molecule has 0 aliphatic heterocycles. The van der Waals surface area contributed by atoms with E-state index < -0.39 is 0 Å². The summed E-state index contributed by atoms with van der Waals surface area (Å²) in [7, 11) is 3.48.